The maximum atomic E-state index is 4.68. The Hall–Kier alpha value is -1.80. The third kappa shape index (κ3) is 2.63. The van der Waals surface area contributed by atoms with E-state index < -0.39 is 0 Å². The van der Waals surface area contributed by atoms with Crippen molar-refractivity contribution in [3.8, 4) is 0 Å². The van der Waals surface area contributed by atoms with Crippen LogP contribution in [-0.4, -0.2) is 49.6 Å². The quantitative estimate of drug-likeness (QED) is 0.693. The molecular weight excluding hydrogens is 322 g/mol. The lowest BCUT2D eigenvalue weighted by Gasteiger charge is -2.26. The highest BCUT2D eigenvalue weighted by atomic mass is 32.1. The smallest absolute Gasteiger partial charge is 0.276 e. The summed E-state index contributed by atoms with van der Waals surface area (Å²) in [6.07, 6.45) is 4.57. The zero-order chi connectivity index (χ0) is 16.5. The van der Waals surface area contributed by atoms with Crippen LogP contribution in [0.3, 0.4) is 0 Å². The number of unbranched alkanes of at least 4 members (excludes halogenated alkanes) is 1. The van der Waals surface area contributed by atoms with Crippen LogP contribution in [0.25, 0.3) is 16.0 Å². The normalized spacial score (nSPS) is 15.2. The minimum absolute atomic E-state index is 0.575. The minimum atomic E-state index is 0.575. The van der Waals surface area contributed by atoms with Crippen LogP contribution >= 0.6 is 11.3 Å². The molecule has 0 fully saturated rings. The summed E-state index contributed by atoms with van der Waals surface area (Å²) >= 11 is 1.82. The fourth-order valence-electron chi connectivity index (χ4n) is 3.39. The molecule has 1 aliphatic rings. The van der Waals surface area contributed by atoms with E-state index in [1.807, 2.05) is 11.3 Å². The summed E-state index contributed by atoms with van der Waals surface area (Å²) in [7, 11) is 0. The number of nitrogens with zero attached hydrogens (tertiary/aromatic N) is 6. The molecule has 0 atom stereocenters. The molecule has 3 aromatic heterocycles. The molecule has 0 aromatic carbocycles. The molecule has 0 spiro atoms. The first-order valence-corrected chi connectivity index (χ1v) is 9.62. The van der Waals surface area contributed by atoms with Gasteiger partial charge in [-0.1, -0.05) is 25.4 Å². The molecule has 4 heterocycles. The lowest BCUT2D eigenvalue weighted by Crippen LogP contribution is -2.30. The van der Waals surface area contributed by atoms with Crippen molar-refractivity contribution in [2.75, 3.05) is 25.0 Å². The van der Waals surface area contributed by atoms with E-state index in [2.05, 4.69) is 44.6 Å². The predicted octanol–water partition coefficient (Wildman–Crippen LogP) is 2.71. The second-order valence-corrected chi connectivity index (χ2v) is 7.43. The molecular formula is C16H23N7S. The van der Waals surface area contributed by atoms with Gasteiger partial charge >= 0.3 is 0 Å². The highest BCUT2D eigenvalue weighted by molar-refractivity contribution is 7.19. The van der Waals surface area contributed by atoms with Crippen molar-refractivity contribution in [1.82, 2.24) is 29.9 Å². The Balaban J connectivity index is 1.82. The number of thiophene rings is 1. The van der Waals surface area contributed by atoms with Crippen LogP contribution in [-0.2, 0) is 13.0 Å². The van der Waals surface area contributed by atoms with Crippen molar-refractivity contribution in [3.63, 3.8) is 0 Å². The van der Waals surface area contributed by atoms with Crippen LogP contribution in [0.2, 0.25) is 0 Å². The van der Waals surface area contributed by atoms with Gasteiger partial charge in [0.25, 0.3) is 5.78 Å². The Morgan fingerprint density at radius 2 is 2.17 bits per heavy atom. The topological polar surface area (TPSA) is 71.2 Å². The molecule has 128 valence electrons. The highest BCUT2D eigenvalue weighted by Gasteiger charge is 2.25. The molecule has 8 heteroatoms. The highest BCUT2D eigenvalue weighted by Crippen LogP contribution is 2.38. The van der Waals surface area contributed by atoms with Gasteiger partial charge in [0.05, 0.1) is 5.39 Å². The molecule has 1 N–H and O–H groups in total. The van der Waals surface area contributed by atoms with Crippen LogP contribution in [0.5, 0.6) is 0 Å². The van der Waals surface area contributed by atoms with E-state index in [0.717, 1.165) is 49.7 Å². The molecule has 0 radical (unpaired) electrons. The summed E-state index contributed by atoms with van der Waals surface area (Å²) < 4.78 is 1.79. The third-order valence-electron chi connectivity index (χ3n) is 4.57. The van der Waals surface area contributed by atoms with Crippen molar-refractivity contribution in [2.45, 2.75) is 46.1 Å². The van der Waals surface area contributed by atoms with E-state index >= 15 is 0 Å². The largest absolute Gasteiger partial charge is 0.369 e. The SMILES string of the molecule is CCCCNc1nc2nnnn2c2sc3c(c12)CCN(CCC)C3. The van der Waals surface area contributed by atoms with Gasteiger partial charge in [0.15, 0.2) is 0 Å². The van der Waals surface area contributed by atoms with E-state index in [4.69, 9.17) is 0 Å². The van der Waals surface area contributed by atoms with Crippen molar-refractivity contribution in [2.24, 2.45) is 0 Å². The van der Waals surface area contributed by atoms with Gasteiger partial charge in [0, 0.05) is 24.5 Å². The van der Waals surface area contributed by atoms with E-state index in [1.54, 1.807) is 4.52 Å². The number of tetrazole rings is 1. The van der Waals surface area contributed by atoms with Gasteiger partial charge in [-0.3, -0.25) is 4.90 Å². The van der Waals surface area contributed by atoms with E-state index in [9.17, 15) is 0 Å². The summed E-state index contributed by atoms with van der Waals surface area (Å²) in [4.78, 5) is 9.77. The molecule has 4 rings (SSSR count). The van der Waals surface area contributed by atoms with Crippen LogP contribution in [0, 0.1) is 0 Å². The Labute approximate surface area is 145 Å². The third-order valence-corrected chi connectivity index (χ3v) is 5.77. The maximum absolute atomic E-state index is 4.68. The standard InChI is InChI=1S/C16H23N7S/c1-3-5-7-17-14-13-11-6-9-22(8-4-2)10-12(11)24-15(13)23-16(18-14)19-20-21-23/h3-10H2,1-2H3,(H,17,18,19,21). The van der Waals surface area contributed by atoms with Gasteiger partial charge in [0.2, 0.25) is 0 Å². The molecule has 0 saturated heterocycles. The fourth-order valence-corrected chi connectivity index (χ4v) is 4.73. The molecule has 0 saturated carbocycles. The predicted molar refractivity (Wildman–Crippen MR) is 96.6 cm³/mol. The zero-order valence-corrected chi connectivity index (χ0v) is 15.1. The summed E-state index contributed by atoms with van der Waals surface area (Å²) in [5.74, 6) is 1.52. The van der Waals surface area contributed by atoms with Gasteiger partial charge in [-0.15, -0.1) is 11.3 Å². The Bertz CT molecular complexity index is 853. The monoisotopic (exact) mass is 345 g/mol. The van der Waals surface area contributed by atoms with Crippen molar-refractivity contribution in [3.05, 3.63) is 10.4 Å². The summed E-state index contributed by atoms with van der Waals surface area (Å²) in [5, 5.41) is 16.7. The van der Waals surface area contributed by atoms with E-state index in [-0.39, 0.29) is 0 Å². The van der Waals surface area contributed by atoms with E-state index in [1.165, 1.54) is 28.7 Å². The number of nitrogens with one attached hydrogen (secondary N) is 1. The van der Waals surface area contributed by atoms with Gasteiger partial charge in [-0.25, -0.2) is 0 Å². The molecule has 0 unspecified atom stereocenters. The molecule has 24 heavy (non-hydrogen) atoms. The van der Waals surface area contributed by atoms with Crippen LogP contribution in [0.15, 0.2) is 0 Å². The Kier molecular flexibility index (Phi) is 4.32. The molecule has 7 nitrogen and oxygen atoms in total. The minimum Gasteiger partial charge on any atom is -0.369 e. The average Bonchev–Trinajstić information content (AvgIpc) is 3.18. The fraction of sp³-hybridized carbons (Fsp3) is 0.625. The lowest BCUT2D eigenvalue weighted by molar-refractivity contribution is 0.258. The maximum Gasteiger partial charge on any atom is 0.276 e. The second kappa shape index (κ2) is 6.60. The number of rotatable bonds is 6. The number of aromatic nitrogens is 5. The Morgan fingerprint density at radius 3 is 3.00 bits per heavy atom. The van der Waals surface area contributed by atoms with Gasteiger partial charge in [-0.05, 0) is 41.8 Å². The summed E-state index contributed by atoms with van der Waals surface area (Å²) in [5.41, 5.74) is 1.44. The molecule has 0 amide bonds. The average molecular weight is 345 g/mol. The summed E-state index contributed by atoms with van der Waals surface area (Å²) in [6.45, 7) is 8.68. The zero-order valence-electron chi connectivity index (χ0n) is 14.2. The van der Waals surface area contributed by atoms with Crippen molar-refractivity contribution < 1.29 is 0 Å². The van der Waals surface area contributed by atoms with Gasteiger partial charge in [0.1, 0.15) is 10.6 Å². The number of hydrogen-bond acceptors (Lipinski definition) is 7. The number of fused-ring (bicyclic) bond motifs is 5. The van der Waals surface area contributed by atoms with Crippen LogP contribution < -0.4 is 5.32 Å². The van der Waals surface area contributed by atoms with Crippen molar-refractivity contribution >= 4 is 33.1 Å². The molecule has 1 aliphatic heterocycles. The van der Waals surface area contributed by atoms with Crippen molar-refractivity contribution in [1.29, 1.82) is 0 Å². The first kappa shape index (κ1) is 15.7. The first-order chi connectivity index (χ1) is 11.8. The van der Waals surface area contributed by atoms with Gasteiger partial charge in [-0.2, -0.15) is 9.50 Å². The Morgan fingerprint density at radius 1 is 1.25 bits per heavy atom. The summed E-state index contributed by atoms with van der Waals surface area (Å²) in [6, 6.07) is 0. The van der Waals surface area contributed by atoms with E-state index in [0.29, 0.717) is 5.78 Å². The second-order valence-electron chi connectivity index (χ2n) is 6.34. The van der Waals surface area contributed by atoms with Crippen LogP contribution in [0.4, 0.5) is 5.82 Å². The lowest BCUT2D eigenvalue weighted by atomic mass is 10.0. The number of hydrogen-bond donors (Lipinski definition) is 1. The molecule has 0 bridgehead atoms. The number of anilines is 1. The van der Waals surface area contributed by atoms with Crippen LogP contribution in [0.1, 0.15) is 43.6 Å². The molecule has 3 aromatic rings. The molecule has 0 aliphatic carbocycles. The first-order valence-electron chi connectivity index (χ1n) is 8.80. The van der Waals surface area contributed by atoms with Gasteiger partial charge < -0.3 is 5.32 Å².